The maximum Gasteiger partial charge on any atom is 0.261 e. The van der Waals surface area contributed by atoms with Crippen LogP contribution < -0.4 is 10.0 Å². The summed E-state index contributed by atoms with van der Waals surface area (Å²) in [6.45, 7) is 4.87. The maximum atomic E-state index is 13.7. The van der Waals surface area contributed by atoms with E-state index in [0.29, 0.717) is 5.02 Å². The topological polar surface area (TPSA) is 91.4 Å². The first-order valence-electron chi connectivity index (χ1n) is 12.7. The van der Waals surface area contributed by atoms with Gasteiger partial charge >= 0.3 is 0 Å². The molecule has 0 unspecified atom stereocenters. The van der Waals surface area contributed by atoms with E-state index in [1.165, 1.54) is 34.7 Å². The standard InChI is InChI=1S/C29H25ClN4O3S3.ClH/c1-2-34-16-15-21-25(17-34)39-29(26(21)28-31-23-9-5-6-10-24(23)38-28)32-27(35)20-7-3-4-8-22(20)33-40(36,37)19-13-11-18(30)12-14-19;/h3-14,33H,2,15-17H2,1H3,(H,32,35);1H. The minimum atomic E-state index is -3.94. The molecule has 2 aromatic heterocycles. The molecule has 0 fully saturated rings. The second kappa shape index (κ2) is 12.1. The van der Waals surface area contributed by atoms with Crippen molar-refractivity contribution in [2.75, 3.05) is 23.1 Å². The number of thiophene rings is 1. The molecule has 0 spiro atoms. The summed E-state index contributed by atoms with van der Waals surface area (Å²) in [5, 5.41) is 5.14. The Labute approximate surface area is 257 Å². The molecule has 12 heteroatoms. The Bertz CT molecular complexity index is 1800. The number of fused-ring (bicyclic) bond motifs is 2. The van der Waals surface area contributed by atoms with Crippen molar-refractivity contribution >= 4 is 83.5 Å². The van der Waals surface area contributed by atoms with E-state index in [0.717, 1.165) is 51.8 Å². The quantitative estimate of drug-likeness (QED) is 0.191. The first-order chi connectivity index (χ1) is 19.3. The lowest BCUT2D eigenvalue weighted by molar-refractivity contribution is 0.102. The molecule has 6 rings (SSSR count). The highest BCUT2D eigenvalue weighted by molar-refractivity contribution is 7.92. The third-order valence-electron chi connectivity index (χ3n) is 6.86. The van der Waals surface area contributed by atoms with Gasteiger partial charge in [0.25, 0.3) is 15.9 Å². The molecule has 212 valence electrons. The number of carbonyl (C=O) groups excluding carboxylic acids is 1. The molecule has 3 heterocycles. The van der Waals surface area contributed by atoms with Crippen LogP contribution in [0.5, 0.6) is 0 Å². The van der Waals surface area contributed by atoms with E-state index in [-0.39, 0.29) is 28.6 Å². The molecule has 2 N–H and O–H groups in total. The number of anilines is 2. The maximum absolute atomic E-state index is 13.7. The summed E-state index contributed by atoms with van der Waals surface area (Å²) >= 11 is 9.10. The van der Waals surface area contributed by atoms with Gasteiger partial charge in [-0.05, 0) is 67.1 Å². The van der Waals surface area contributed by atoms with Gasteiger partial charge in [-0.25, -0.2) is 13.4 Å². The van der Waals surface area contributed by atoms with Crippen LogP contribution in [0.15, 0.2) is 77.7 Å². The Kier molecular flexibility index (Phi) is 8.70. The van der Waals surface area contributed by atoms with Crippen molar-refractivity contribution in [1.82, 2.24) is 9.88 Å². The molecule has 0 atom stereocenters. The number of hydrogen-bond donors (Lipinski definition) is 2. The van der Waals surface area contributed by atoms with E-state index in [1.807, 2.05) is 18.2 Å². The molecule has 7 nitrogen and oxygen atoms in total. The number of amides is 1. The van der Waals surface area contributed by atoms with Gasteiger partial charge in [0, 0.05) is 28.6 Å². The Hall–Kier alpha value is -2.99. The molecule has 0 radical (unpaired) electrons. The van der Waals surface area contributed by atoms with E-state index in [9.17, 15) is 13.2 Å². The van der Waals surface area contributed by atoms with Gasteiger partial charge in [-0.1, -0.05) is 42.8 Å². The van der Waals surface area contributed by atoms with Crippen molar-refractivity contribution in [3.8, 4) is 10.6 Å². The van der Waals surface area contributed by atoms with Crippen LogP contribution in [0, 0.1) is 0 Å². The number of hydrogen-bond acceptors (Lipinski definition) is 7. The van der Waals surface area contributed by atoms with Gasteiger partial charge in [0.15, 0.2) is 0 Å². The molecule has 0 saturated carbocycles. The lowest BCUT2D eigenvalue weighted by Crippen LogP contribution is -2.29. The summed E-state index contributed by atoms with van der Waals surface area (Å²) in [7, 11) is -3.94. The minimum Gasteiger partial charge on any atom is -0.313 e. The van der Waals surface area contributed by atoms with Gasteiger partial charge < -0.3 is 5.32 Å². The van der Waals surface area contributed by atoms with Gasteiger partial charge in [0.1, 0.15) is 10.0 Å². The largest absolute Gasteiger partial charge is 0.313 e. The second-order valence-corrected chi connectivity index (χ2v) is 13.6. The second-order valence-electron chi connectivity index (χ2n) is 9.37. The fourth-order valence-electron chi connectivity index (χ4n) is 4.78. The Morgan fingerprint density at radius 2 is 1.76 bits per heavy atom. The van der Waals surface area contributed by atoms with Gasteiger partial charge in [-0.2, -0.15) is 0 Å². The lowest BCUT2D eigenvalue weighted by atomic mass is 10.0. The third-order valence-corrected chi connectivity index (χ3v) is 10.7. The van der Waals surface area contributed by atoms with Crippen molar-refractivity contribution in [1.29, 1.82) is 0 Å². The average Bonchev–Trinajstić information content (AvgIpc) is 3.53. The molecule has 1 amide bonds. The third kappa shape index (κ3) is 5.99. The van der Waals surface area contributed by atoms with E-state index < -0.39 is 15.9 Å². The fourth-order valence-corrected chi connectivity index (χ4v) is 8.38. The van der Waals surface area contributed by atoms with E-state index in [2.05, 4.69) is 27.9 Å². The number of carbonyl (C=O) groups is 1. The van der Waals surface area contributed by atoms with Crippen LogP contribution in [-0.2, 0) is 23.0 Å². The van der Waals surface area contributed by atoms with Crippen LogP contribution in [0.4, 0.5) is 10.7 Å². The summed E-state index contributed by atoms with van der Waals surface area (Å²) in [5.41, 5.74) is 3.52. The van der Waals surface area contributed by atoms with Crippen LogP contribution in [0.1, 0.15) is 27.7 Å². The summed E-state index contributed by atoms with van der Waals surface area (Å²) in [5.74, 6) is -0.400. The average molecular weight is 646 g/mol. The summed E-state index contributed by atoms with van der Waals surface area (Å²) in [4.78, 5) is 22.3. The number of thiazole rings is 1. The first kappa shape index (κ1) is 29.5. The summed E-state index contributed by atoms with van der Waals surface area (Å²) in [6.07, 6.45) is 0.873. The number of benzene rings is 3. The van der Waals surface area contributed by atoms with Crippen molar-refractivity contribution in [3.63, 3.8) is 0 Å². The zero-order valence-corrected chi connectivity index (χ0v) is 25.9. The van der Waals surface area contributed by atoms with E-state index in [4.69, 9.17) is 16.6 Å². The molecule has 0 aliphatic carbocycles. The van der Waals surface area contributed by atoms with Crippen molar-refractivity contribution in [3.05, 3.63) is 93.8 Å². The molecule has 0 saturated heterocycles. The molecule has 0 bridgehead atoms. The highest BCUT2D eigenvalue weighted by Crippen LogP contribution is 2.46. The number of rotatable bonds is 7. The molecule has 41 heavy (non-hydrogen) atoms. The number of nitrogens with zero attached hydrogens (tertiary/aromatic N) is 2. The Morgan fingerprint density at radius 1 is 1.02 bits per heavy atom. The summed E-state index contributed by atoms with van der Waals surface area (Å²) < 4.78 is 29.8. The first-order valence-corrected chi connectivity index (χ1v) is 16.2. The van der Waals surface area contributed by atoms with Crippen LogP contribution in [-0.4, -0.2) is 37.3 Å². The summed E-state index contributed by atoms with van der Waals surface area (Å²) in [6, 6.07) is 20.5. The van der Waals surface area contributed by atoms with Crippen molar-refractivity contribution in [2.24, 2.45) is 0 Å². The molecule has 1 aliphatic rings. The fraction of sp³-hybridized carbons (Fsp3) is 0.172. The number of para-hydroxylation sites is 2. The minimum absolute atomic E-state index is 0. The molecule has 5 aromatic rings. The Morgan fingerprint density at radius 3 is 2.51 bits per heavy atom. The normalized spacial score (nSPS) is 13.4. The number of sulfonamides is 1. The monoisotopic (exact) mass is 644 g/mol. The number of halogens is 2. The van der Waals surface area contributed by atoms with Crippen molar-refractivity contribution < 1.29 is 13.2 Å². The Balaban J connectivity index is 0.00000337. The molecular formula is C29H26Cl2N4O3S3. The van der Waals surface area contributed by atoms with Crippen LogP contribution >= 0.6 is 46.7 Å². The molecular weight excluding hydrogens is 619 g/mol. The van der Waals surface area contributed by atoms with Gasteiger partial charge in [0.05, 0.1) is 26.4 Å². The van der Waals surface area contributed by atoms with Crippen LogP contribution in [0.3, 0.4) is 0 Å². The highest BCUT2D eigenvalue weighted by atomic mass is 35.5. The van der Waals surface area contributed by atoms with Crippen LogP contribution in [0.25, 0.3) is 20.8 Å². The highest BCUT2D eigenvalue weighted by Gasteiger charge is 2.28. The number of nitrogens with one attached hydrogen (secondary N) is 2. The predicted molar refractivity (Wildman–Crippen MR) is 171 cm³/mol. The zero-order chi connectivity index (χ0) is 27.9. The van der Waals surface area contributed by atoms with E-state index >= 15 is 0 Å². The van der Waals surface area contributed by atoms with Crippen LogP contribution in [0.2, 0.25) is 5.02 Å². The molecule has 3 aromatic carbocycles. The lowest BCUT2D eigenvalue weighted by Gasteiger charge is -2.25. The van der Waals surface area contributed by atoms with E-state index in [1.54, 1.807) is 46.9 Å². The SMILES string of the molecule is CCN1CCc2c(sc(NC(=O)c3ccccc3NS(=O)(=O)c3ccc(Cl)cc3)c2-c2nc3ccccc3s2)C1.Cl. The van der Waals surface area contributed by atoms with Gasteiger partial charge in [0.2, 0.25) is 0 Å². The number of likely N-dealkylation sites (N-methyl/N-ethyl adjacent to an activating group) is 1. The zero-order valence-electron chi connectivity index (χ0n) is 21.9. The van der Waals surface area contributed by atoms with Crippen molar-refractivity contribution in [2.45, 2.75) is 24.8 Å². The molecule has 1 aliphatic heterocycles. The predicted octanol–water partition coefficient (Wildman–Crippen LogP) is 7.53. The van der Waals surface area contributed by atoms with Gasteiger partial charge in [-0.3, -0.25) is 14.4 Å². The smallest absolute Gasteiger partial charge is 0.261 e. The van der Waals surface area contributed by atoms with Gasteiger partial charge in [-0.15, -0.1) is 35.1 Å². The number of aromatic nitrogens is 1.